The molecule has 7 heteroatoms. The second-order valence-electron chi connectivity index (χ2n) is 6.61. The van der Waals surface area contributed by atoms with E-state index < -0.39 is 0 Å². The van der Waals surface area contributed by atoms with Gasteiger partial charge in [0.25, 0.3) is 0 Å². The number of anilines is 3. The first-order chi connectivity index (χ1) is 12.8. The lowest BCUT2D eigenvalue weighted by atomic mass is 9.91. The van der Waals surface area contributed by atoms with Crippen LogP contribution in [0, 0.1) is 0 Å². The standard InChI is InChI=1S/C19H23N7/c20-16-3-1-2-4-17(16)24-19-22-10-9-18(25-19)23-14-5-7-15(8-6-14)26-12-11-21-13-26/h5-13,16-17H,1-4,20H2,(H2,22,23,24,25)/t16-,17+/m0/s1. The molecule has 3 aromatic rings. The summed E-state index contributed by atoms with van der Waals surface area (Å²) in [6.07, 6.45) is 11.7. The maximum absolute atomic E-state index is 6.20. The van der Waals surface area contributed by atoms with Crippen LogP contribution < -0.4 is 16.4 Å². The number of rotatable bonds is 5. The molecule has 4 rings (SSSR count). The van der Waals surface area contributed by atoms with Crippen LogP contribution in [-0.4, -0.2) is 31.6 Å². The lowest BCUT2D eigenvalue weighted by Gasteiger charge is -2.29. The average molecular weight is 349 g/mol. The molecule has 1 aromatic carbocycles. The van der Waals surface area contributed by atoms with Crippen LogP contribution in [0.4, 0.5) is 17.5 Å². The molecule has 26 heavy (non-hydrogen) atoms. The molecule has 0 radical (unpaired) electrons. The molecular formula is C19H23N7. The number of aromatic nitrogens is 4. The zero-order valence-electron chi connectivity index (χ0n) is 14.5. The van der Waals surface area contributed by atoms with Crippen molar-refractivity contribution >= 4 is 17.5 Å². The number of nitrogens with two attached hydrogens (primary N) is 1. The molecule has 0 aliphatic heterocycles. The normalized spacial score (nSPS) is 19.9. The van der Waals surface area contributed by atoms with Crippen molar-refractivity contribution in [2.45, 2.75) is 37.8 Å². The molecule has 1 saturated carbocycles. The van der Waals surface area contributed by atoms with Crippen LogP contribution in [0.5, 0.6) is 0 Å². The number of benzene rings is 1. The molecule has 134 valence electrons. The Morgan fingerprint density at radius 3 is 2.65 bits per heavy atom. The average Bonchev–Trinajstić information content (AvgIpc) is 3.19. The maximum Gasteiger partial charge on any atom is 0.224 e. The minimum absolute atomic E-state index is 0.166. The Kier molecular flexibility index (Phi) is 4.79. The Bertz CT molecular complexity index is 829. The first kappa shape index (κ1) is 16.5. The van der Waals surface area contributed by atoms with Gasteiger partial charge in [-0.25, -0.2) is 9.97 Å². The first-order valence-corrected chi connectivity index (χ1v) is 8.98. The molecule has 0 bridgehead atoms. The second kappa shape index (κ2) is 7.53. The zero-order chi connectivity index (χ0) is 17.8. The Hall–Kier alpha value is -2.93. The van der Waals surface area contributed by atoms with Crippen molar-refractivity contribution < 1.29 is 0 Å². The Morgan fingerprint density at radius 1 is 1.04 bits per heavy atom. The van der Waals surface area contributed by atoms with Crippen LogP contribution in [0.25, 0.3) is 5.69 Å². The Labute approximate surface area is 152 Å². The van der Waals surface area contributed by atoms with E-state index in [2.05, 4.69) is 25.6 Å². The van der Waals surface area contributed by atoms with E-state index >= 15 is 0 Å². The summed E-state index contributed by atoms with van der Waals surface area (Å²) in [7, 11) is 0. The summed E-state index contributed by atoms with van der Waals surface area (Å²) < 4.78 is 1.96. The van der Waals surface area contributed by atoms with Crippen molar-refractivity contribution in [3.8, 4) is 5.69 Å². The summed E-state index contributed by atoms with van der Waals surface area (Å²) in [5.74, 6) is 1.37. The highest BCUT2D eigenvalue weighted by molar-refractivity contribution is 5.58. The van der Waals surface area contributed by atoms with Gasteiger partial charge in [-0.05, 0) is 43.2 Å². The van der Waals surface area contributed by atoms with E-state index in [4.69, 9.17) is 5.73 Å². The molecule has 1 aliphatic carbocycles. The summed E-state index contributed by atoms with van der Waals surface area (Å²) in [6, 6.07) is 10.4. The van der Waals surface area contributed by atoms with Crippen LogP contribution in [0.1, 0.15) is 25.7 Å². The van der Waals surface area contributed by atoms with Gasteiger partial charge in [0.1, 0.15) is 5.82 Å². The summed E-state index contributed by atoms with van der Waals surface area (Å²) in [5.41, 5.74) is 8.23. The van der Waals surface area contributed by atoms with E-state index in [1.165, 1.54) is 12.8 Å². The van der Waals surface area contributed by atoms with Crippen molar-refractivity contribution in [2.75, 3.05) is 10.6 Å². The molecule has 2 atom stereocenters. The van der Waals surface area contributed by atoms with Crippen molar-refractivity contribution in [3.63, 3.8) is 0 Å². The molecule has 2 heterocycles. The third kappa shape index (κ3) is 3.83. The number of nitrogens with one attached hydrogen (secondary N) is 2. The van der Waals surface area contributed by atoms with Gasteiger partial charge in [-0.3, -0.25) is 0 Å². The van der Waals surface area contributed by atoms with Crippen molar-refractivity contribution in [1.82, 2.24) is 19.5 Å². The fourth-order valence-corrected chi connectivity index (χ4v) is 3.28. The van der Waals surface area contributed by atoms with Gasteiger partial charge in [-0.2, -0.15) is 4.98 Å². The van der Waals surface area contributed by atoms with Crippen LogP contribution in [-0.2, 0) is 0 Å². The summed E-state index contributed by atoms with van der Waals surface area (Å²) >= 11 is 0. The van der Waals surface area contributed by atoms with E-state index in [1.807, 2.05) is 41.1 Å². The first-order valence-electron chi connectivity index (χ1n) is 8.98. The van der Waals surface area contributed by atoms with Gasteiger partial charge >= 0.3 is 0 Å². The fourth-order valence-electron chi connectivity index (χ4n) is 3.28. The molecule has 1 fully saturated rings. The Balaban J connectivity index is 1.43. The smallest absolute Gasteiger partial charge is 0.224 e. The molecule has 7 nitrogen and oxygen atoms in total. The van der Waals surface area contributed by atoms with Crippen LogP contribution in [0.3, 0.4) is 0 Å². The fraction of sp³-hybridized carbons (Fsp3) is 0.316. The molecule has 1 aliphatic rings. The van der Waals surface area contributed by atoms with E-state index in [9.17, 15) is 0 Å². The molecular weight excluding hydrogens is 326 g/mol. The number of nitrogens with zero attached hydrogens (tertiary/aromatic N) is 4. The van der Waals surface area contributed by atoms with Crippen molar-refractivity contribution in [1.29, 1.82) is 0 Å². The largest absolute Gasteiger partial charge is 0.350 e. The van der Waals surface area contributed by atoms with Crippen molar-refractivity contribution in [3.05, 3.63) is 55.2 Å². The third-order valence-corrected chi connectivity index (χ3v) is 4.73. The zero-order valence-corrected chi connectivity index (χ0v) is 14.5. The van der Waals surface area contributed by atoms with E-state index in [0.717, 1.165) is 30.0 Å². The highest BCUT2D eigenvalue weighted by Gasteiger charge is 2.22. The number of hydrogen-bond acceptors (Lipinski definition) is 6. The predicted molar refractivity (Wildman–Crippen MR) is 103 cm³/mol. The lowest BCUT2D eigenvalue weighted by molar-refractivity contribution is 0.402. The van der Waals surface area contributed by atoms with Gasteiger partial charge in [0.15, 0.2) is 0 Å². The number of hydrogen-bond donors (Lipinski definition) is 3. The van der Waals surface area contributed by atoms with Gasteiger partial charge < -0.3 is 20.9 Å². The van der Waals surface area contributed by atoms with Crippen molar-refractivity contribution in [2.24, 2.45) is 5.73 Å². The van der Waals surface area contributed by atoms with E-state index in [0.29, 0.717) is 5.95 Å². The summed E-state index contributed by atoms with van der Waals surface area (Å²) in [4.78, 5) is 13.0. The topological polar surface area (TPSA) is 93.7 Å². The highest BCUT2D eigenvalue weighted by atomic mass is 15.2. The Morgan fingerprint density at radius 2 is 1.88 bits per heavy atom. The van der Waals surface area contributed by atoms with Gasteiger partial charge in [-0.15, -0.1) is 0 Å². The highest BCUT2D eigenvalue weighted by Crippen LogP contribution is 2.21. The summed E-state index contributed by atoms with van der Waals surface area (Å²) in [5, 5.41) is 6.70. The third-order valence-electron chi connectivity index (χ3n) is 4.73. The monoisotopic (exact) mass is 349 g/mol. The molecule has 4 N–H and O–H groups in total. The molecule has 0 saturated heterocycles. The van der Waals surface area contributed by atoms with E-state index in [1.54, 1.807) is 18.7 Å². The van der Waals surface area contributed by atoms with Gasteiger partial charge in [0, 0.05) is 42.0 Å². The van der Waals surface area contributed by atoms with E-state index in [-0.39, 0.29) is 12.1 Å². The SMILES string of the molecule is N[C@H]1CCCC[C@H]1Nc1nccc(Nc2ccc(-n3ccnc3)cc2)n1. The lowest BCUT2D eigenvalue weighted by Crippen LogP contribution is -2.42. The predicted octanol–water partition coefficient (Wildman–Crippen LogP) is 3.09. The molecule has 0 unspecified atom stereocenters. The minimum Gasteiger partial charge on any atom is -0.350 e. The van der Waals surface area contributed by atoms with Crippen LogP contribution in [0.2, 0.25) is 0 Å². The molecule has 0 amide bonds. The van der Waals surface area contributed by atoms with Crippen LogP contribution >= 0.6 is 0 Å². The molecule has 2 aromatic heterocycles. The minimum atomic E-state index is 0.166. The number of imidazole rings is 1. The molecule has 0 spiro atoms. The maximum atomic E-state index is 6.20. The van der Waals surface area contributed by atoms with Crippen LogP contribution in [0.15, 0.2) is 55.2 Å². The summed E-state index contributed by atoms with van der Waals surface area (Å²) in [6.45, 7) is 0. The quantitative estimate of drug-likeness (QED) is 0.655. The second-order valence-corrected chi connectivity index (χ2v) is 6.61. The van der Waals surface area contributed by atoms with Gasteiger partial charge in [-0.1, -0.05) is 12.8 Å². The van der Waals surface area contributed by atoms with Gasteiger partial charge in [0.05, 0.1) is 6.33 Å². The van der Waals surface area contributed by atoms with Gasteiger partial charge in [0.2, 0.25) is 5.95 Å².